The zero-order valence-electron chi connectivity index (χ0n) is 14.1. The molecule has 2 bridgehead atoms. The summed E-state index contributed by atoms with van der Waals surface area (Å²) >= 11 is 0. The van der Waals surface area contributed by atoms with Crippen LogP contribution in [0.1, 0.15) is 44.3 Å². The third kappa shape index (κ3) is 2.06. The molecule has 4 fully saturated rings. The molecule has 0 unspecified atom stereocenters. The summed E-state index contributed by atoms with van der Waals surface area (Å²) < 4.78 is 16.3. The number of cyclic esters (lactones) is 1. The van der Waals surface area contributed by atoms with Gasteiger partial charge in [0.2, 0.25) is 0 Å². The minimum Gasteiger partial charge on any atom is -0.472 e. The molecule has 5 rings (SSSR count). The molecule has 6 heteroatoms. The molecule has 6 nitrogen and oxygen atoms in total. The number of ether oxygens (including phenoxy) is 2. The van der Waals surface area contributed by atoms with E-state index in [4.69, 9.17) is 13.9 Å². The van der Waals surface area contributed by atoms with Crippen LogP contribution in [-0.4, -0.2) is 29.3 Å². The van der Waals surface area contributed by atoms with Gasteiger partial charge in [0.05, 0.1) is 30.5 Å². The molecule has 134 valence electrons. The van der Waals surface area contributed by atoms with E-state index in [1.807, 2.05) is 6.07 Å². The largest absolute Gasteiger partial charge is 0.472 e. The van der Waals surface area contributed by atoms with Crippen LogP contribution in [0.15, 0.2) is 23.0 Å². The Morgan fingerprint density at radius 1 is 1.16 bits per heavy atom. The number of furan rings is 1. The van der Waals surface area contributed by atoms with Crippen LogP contribution < -0.4 is 0 Å². The minimum absolute atomic E-state index is 0.0770. The zero-order valence-corrected chi connectivity index (χ0v) is 14.1. The Labute approximate surface area is 145 Å². The number of fused-ring (bicyclic) bond motifs is 6. The summed E-state index contributed by atoms with van der Waals surface area (Å²) in [6.45, 7) is 2.13. The van der Waals surface area contributed by atoms with Crippen LogP contribution in [0, 0.1) is 29.1 Å². The van der Waals surface area contributed by atoms with E-state index in [-0.39, 0.29) is 53.2 Å². The Kier molecular flexibility index (Phi) is 3.15. The van der Waals surface area contributed by atoms with Gasteiger partial charge in [-0.15, -0.1) is 0 Å². The van der Waals surface area contributed by atoms with Crippen molar-refractivity contribution in [2.45, 2.75) is 50.9 Å². The fraction of sp³-hybridized carbons (Fsp3) is 0.684. The lowest BCUT2D eigenvalue weighted by Crippen LogP contribution is -2.58. The Morgan fingerprint density at radius 3 is 2.76 bits per heavy atom. The second kappa shape index (κ2) is 5.10. The first-order chi connectivity index (χ1) is 12.0. The quantitative estimate of drug-likeness (QED) is 0.785. The highest BCUT2D eigenvalue weighted by Crippen LogP contribution is 2.62. The number of esters is 2. The maximum atomic E-state index is 12.7. The molecule has 1 aromatic rings. The predicted molar refractivity (Wildman–Crippen MR) is 84.0 cm³/mol. The number of aliphatic hydroxyl groups is 1. The van der Waals surface area contributed by atoms with Gasteiger partial charge >= 0.3 is 11.9 Å². The van der Waals surface area contributed by atoms with E-state index < -0.39 is 6.10 Å². The van der Waals surface area contributed by atoms with Crippen molar-refractivity contribution in [2.24, 2.45) is 29.1 Å². The summed E-state index contributed by atoms with van der Waals surface area (Å²) in [5.41, 5.74) is 0.549. The van der Waals surface area contributed by atoms with Gasteiger partial charge in [-0.1, -0.05) is 6.92 Å². The van der Waals surface area contributed by atoms with Crippen molar-refractivity contribution in [3.05, 3.63) is 24.2 Å². The van der Waals surface area contributed by atoms with Gasteiger partial charge in [-0.3, -0.25) is 9.59 Å². The first-order valence-electron chi connectivity index (χ1n) is 9.08. The molecule has 1 aromatic heterocycles. The molecule has 8 atom stereocenters. The number of hydrogen-bond acceptors (Lipinski definition) is 6. The normalized spacial score (nSPS) is 48.3. The van der Waals surface area contributed by atoms with Crippen LogP contribution in [0.3, 0.4) is 0 Å². The van der Waals surface area contributed by atoms with Crippen LogP contribution >= 0.6 is 0 Å². The van der Waals surface area contributed by atoms with E-state index in [0.717, 1.165) is 12.0 Å². The third-order valence-corrected chi connectivity index (χ3v) is 7.20. The fourth-order valence-electron chi connectivity index (χ4n) is 6.00. The molecule has 25 heavy (non-hydrogen) atoms. The molecular formula is C19H22O6. The topological polar surface area (TPSA) is 86.0 Å². The van der Waals surface area contributed by atoms with Crippen molar-refractivity contribution in [3.8, 4) is 0 Å². The lowest BCUT2D eigenvalue weighted by atomic mass is 9.48. The molecule has 2 aliphatic carbocycles. The number of hydrogen-bond donors (Lipinski definition) is 1. The van der Waals surface area contributed by atoms with Crippen molar-refractivity contribution < 1.29 is 28.6 Å². The first-order valence-corrected chi connectivity index (χ1v) is 9.08. The van der Waals surface area contributed by atoms with Gasteiger partial charge in [-0.05, 0) is 43.1 Å². The number of rotatable bonds is 1. The van der Waals surface area contributed by atoms with E-state index in [1.54, 1.807) is 12.5 Å². The highest BCUT2D eigenvalue weighted by Gasteiger charge is 2.64. The van der Waals surface area contributed by atoms with Gasteiger partial charge in [-0.25, -0.2) is 0 Å². The summed E-state index contributed by atoms with van der Waals surface area (Å²) in [4.78, 5) is 24.9. The van der Waals surface area contributed by atoms with Crippen LogP contribution in [0.25, 0.3) is 0 Å². The van der Waals surface area contributed by atoms with Gasteiger partial charge in [0.15, 0.2) is 0 Å². The molecule has 1 N–H and O–H groups in total. The Morgan fingerprint density at radius 2 is 2.00 bits per heavy atom. The van der Waals surface area contributed by atoms with Crippen LogP contribution in [0.2, 0.25) is 0 Å². The van der Waals surface area contributed by atoms with Gasteiger partial charge < -0.3 is 19.0 Å². The van der Waals surface area contributed by atoms with Gasteiger partial charge in [-0.2, -0.15) is 0 Å². The molecule has 0 aromatic carbocycles. The summed E-state index contributed by atoms with van der Waals surface area (Å²) in [6.07, 6.45) is 4.61. The van der Waals surface area contributed by atoms with E-state index in [2.05, 4.69) is 6.92 Å². The second-order valence-corrected chi connectivity index (χ2v) is 8.37. The fourth-order valence-corrected chi connectivity index (χ4v) is 6.00. The Balaban J connectivity index is 1.54. The SMILES string of the molecule is C[C@@]12C[C@@H](c3ccoc3)OC(=O)[C@@H]1C[C@H](O)[C@H]1[C@H]2C[C@@H]2C[C@H]1C(=O)O2. The average molecular weight is 346 g/mol. The van der Waals surface area contributed by atoms with Crippen molar-refractivity contribution in [1.29, 1.82) is 0 Å². The van der Waals surface area contributed by atoms with Crippen LogP contribution in [0.5, 0.6) is 0 Å². The molecule has 4 aliphatic rings. The molecule has 2 saturated carbocycles. The molecular weight excluding hydrogens is 324 g/mol. The zero-order chi connectivity index (χ0) is 17.3. The molecule has 3 heterocycles. The lowest BCUT2D eigenvalue weighted by Gasteiger charge is -2.57. The maximum Gasteiger partial charge on any atom is 0.310 e. The van der Waals surface area contributed by atoms with Gasteiger partial charge in [0.25, 0.3) is 0 Å². The van der Waals surface area contributed by atoms with Crippen molar-refractivity contribution in [3.63, 3.8) is 0 Å². The molecule has 2 saturated heterocycles. The van der Waals surface area contributed by atoms with E-state index in [9.17, 15) is 14.7 Å². The monoisotopic (exact) mass is 346 g/mol. The maximum absolute atomic E-state index is 12.7. The summed E-state index contributed by atoms with van der Waals surface area (Å²) in [5, 5.41) is 10.7. The Bertz CT molecular complexity index is 712. The third-order valence-electron chi connectivity index (χ3n) is 7.20. The molecule has 2 aliphatic heterocycles. The predicted octanol–water partition coefficient (Wildman–Crippen LogP) is 2.22. The number of carbonyl (C=O) groups excluding carboxylic acids is 2. The Hall–Kier alpha value is -1.82. The number of aliphatic hydroxyl groups excluding tert-OH is 1. The minimum atomic E-state index is -0.655. The highest BCUT2D eigenvalue weighted by atomic mass is 16.6. The standard InChI is InChI=1S/C19H22O6/c1-19-7-15(9-2-3-23-8-9)25-18(22)13(19)6-14(20)16-11-4-10(5-12(16)19)24-17(11)21/h2-3,8,10-16,20H,4-7H2,1H3/t10-,11+,12+,13-,14-,15-,16+,19-/m0/s1. The molecule has 0 spiro atoms. The van der Waals surface area contributed by atoms with Crippen molar-refractivity contribution in [1.82, 2.24) is 0 Å². The van der Waals surface area contributed by atoms with E-state index in [0.29, 0.717) is 19.3 Å². The summed E-state index contributed by atoms with van der Waals surface area (Å²) in [6, 6.07) is 1.83. The smallest absolute Gasteiger partial charge is 0.310 e. The first kappa shape index (κ1) is 15.4. The average Bonchev–Trinajstić information content (AvgIpc) is 3.19. The van der Waals surface area contributed by atoms with Crippen molar-refractivity contribution >= 4 is 11.9 Å². The van der Waals surface area contributed by atoms with E-state index in [1.165, 1.54) is 0 Å². The number of carbonyl (C=O) groups is 2. The summed E-state index contributed by atoms with van der Waals surface area (Å²) in [5.74, 6) is -1.03. The highest BCUT2D eigenvalue weighted by molar-refractivity contribution is 5.77. The van der Waals surface area contributed by atoms with Crippen molar-refractivity contribution in [2.75, 3.05) is 0 Å². The van der Waals surface area contributed by atoms with E-state index >= 15 is 0 Å². The van der Waals surface area contributed by atoms with Gasteiger partial charge in [0.1, 0.15) is 12.2 Å². The van der Waals surface area contributed by atoms with Gasteiger partial charge in [0, 0.05) is 11.5 Å². The van der Waals surface area contributed by atoms with Crippen LogP contribution in [-0.2, 0) is 19.1 Å². The molecule has 0 radical (unpaired) electrons. The lowest BCUT2D eigenvalue weighted by molar-refractivity contribution is -0.201. The second-order valence-electron chi connectivity index (χ2n) is 8.37. The summed E-state index contributed by atoms with van der Waals surface area (Å²) in [7, 11) is 0. The van der Waals surface area contributed by atoms with Crippen LogP contribution in [0.4, 0.5) is 0 Å². The molecule has 0 amide bonds.